The summed E-state index contributed by atoms with van der Waals surface area (Å²) >= 11 is 0. The predicted octanol–water partition coefficient (Wildman–Crippen LogP) is 8.52. The molecule has 11 atom stereocenters. The Kier molecular flexibility index (Phi) is 7.00. The van der Waals surface area contributed by atoms with Gasteiger partial charge in [-0.15, -0.1) is 0 Å². The lowest BCUT2D eigenvalue weighted by Gasteiger charge is -2.72. The predicted molar refractivity (Wildman–Crippen MR) is 178 cm³/mol. The Labute approximate surface area is 275 Å². The van der Waals surface area contributed by atoms with Crippen LogP contribution in [0.3, 0.4) is 0 Å². The molecule has 250 valence electrons. The molecule has 7 rings (SSSR count). The van der Waals surface area contributed by atoms with E-state index in [1.807, 2.05) is 0 Å². The smallest absolute Gasteiger partial charge is 0.331 e. The number of esters is 2. The number of rotatable bonds is 4. The first kappa shape index (κ1) is 31.8. The number of allylic oxidation sites excluding steroid dienone is 1. The van der Waals surface area contributed by atoms with Gasteiger partial charge in [0.05, 0.1) is 12.5 Å². The number of fused-ring (bicyclic) bond motifs is 4. The SMILES string of the molecule is COc1cc(/C=C/C(=O)O[C@H]2CC[C@@]3(C)[C@H](CC[C@]4(C)[C@H]3C=C[C@]35OC(=O)[C@@]6(CC[C@@H](C)[C@H](C)[C@H]63)CC[C@]54C)C2(C)C)ccc1O. The Morgan fingerprint density at radius 1 is 1.00 bits per heavy atom. The topological polar surface area (TPSA) is 82.1 Å². The zero-order valence-corrected chi connectivity index (χ0v) is 29.2. The van der Waals surface area contributed by atoms with E-state index in [0.29, 0.717) is 29.4 Å². The number of carbonyl (C=O) groups is 2. The zero-order chi connectivity index (χ0) is 33.1. The van der Waals surface area contributed by atoms with Crippen molar-refractivity contribution in [1.29, 1.82) is 0 Å². The fraction of sp³-hybridized carbons (Fsp3) is 0.700. The zero-order valence-electron chi connectivity index (χ0n) is 29.2. The highest BCUT2D eigenvalue weighted by atomic mass is 16.6. The van der Waals surface area contributed by atoms with E-state index in [1.165, 1.54) is 13.2 Å². The number of phenols is 1. The van der Waals surface area contributed by atoms with E-state index in [1.54, 1.807) is 24.3 Å². The molecule has 1 aromatic carbocycles. The highest BCUT2D eigenvalue weighted by molar-refractivity contribution is 5.87. The number of carbonyl (C=O) groups excluding carboxylic acids is 2. The van der Waals surface area contributed by atoms with Gasteiger partial charge in [-0.2, -0.15) is 0 Å². The van der Waals surface area contributed by atoms with Crippen LogP contribution >= 0.6 is 0 Å². The molecule has 2 bridgehead atoms. The minimum Gasteiger partial charge on any atom is -0.504 e. The molecule has 1 spiro atoms. The second-order valence-corrected chi connectivity index (χ2v) is 17.4. The van der Waals surface area contributed by atoms with E-state index in [2.05, 4.69) is 60.6 Å². The molecule has 5 fully saturated rings. The third kappa shape index (κ3) is 3.88. The van der Waals surface area contributed by atoms with Crippen molar-refractivity contribution in [2.75, 3.05) is 7.11 Å². The maximum absolute atomic E-state index is 13.9. The molecule has 0 amide bonds. The molecule has 0 aromatic heterocycles. The molecule has 6 aliphatic rings. The summed E-state index contributed by atoms with van der Waals surface area (Å²) < 4.78 is 18.2. The lowest BCUT2D eigenvalue weighted by Crippen LogP contribution is -2.71. The van der Waals surface area contributed by atoms with Crippen molar-refractivity contribution < 1.29 is 28.9 Å². The van der Waals surface area contributed by atoms with Gasteiger partial charge in [-0.25, -0.2) is 4.79 Å². The van der Waals surface area contributed by atoms with Crippen LogP contribution in [0.5, 0.6) is 11.5 Å². The van der Waals surface area contributed by atoms with Crippen LogP contribution in [0.2, 0.25) is 0 Å². The number of benzene rings is 1. The molecular weight excluding hydrogens is 576 g/mol. The molecule has 6 heteroatoms. The van der Waals surface area contributed by atoms with Crippen LogP contribution in [0, 0.1) is 56.7 Å². The van der Waals surface area contributed by atoms with Gasteiger partial charge < -0.3 is 19.3 Å². The maximum atomic E-state index is 13.9. The third-order valence-electron chi connectivity index (χ3n) is 15.6. The average Bonchev–Trinajstić information content (AvgIpc) is 3.21. The van der Waals surface area contributed by atoms with Crippen LogP contribution in [0.1, 0.15) is 105 Å². The van der Waals surface area contributed by atoms with Crippen LogP contribution in [0.4, 0.5) is 0 Å². The summed E-state index contributed by atoms with van der Waals surface area (Å²) in [6.07, 6.45) is 16.0. The fourth-order valence-corrected chi connectivity index (χ4v) is 12.8. The molecule has 6 nitrogen and oxygen atoms in total. The molecule has 0 radical (unpaired) electrons. The van der Waals surface area contributed by atoms with Gasteiger partial charge in [-0.05, 0) is 116 Å². The Hall–Kier alpha value is -2.76. The molecule has 1 heterocycles. The monoisotopic (exact) mass is 630 g/mol. The summed E-state index contributed by atoms with van der Waals surface area (Å²) in [6, 6.07) is 5.00. The lowest BCUT2D eigenvalue weighted by molar-refractivity contribution is -0.247. The summed E-state index contributed by atoms with van der Waals surface area (Å²) in [5.41, 5.74) is -0.367. The first-order valence-electron chi connectivity index (χ1n) is 17.8. The Balaban J connectivity index is 1.16. The number of hydrogen-bond donors (Lipinski definition) is 1. The molecule has 1 aliphatic heterocycles. The number of ether oxygens (including phenoxy) is 3. The van der Waals surface area contributed by atoms with Crippen LogP contribution in [-0.2, 0) is 19.1 Å². The van der Waals surface area contributed by atoms with E-state index >= 15 is 0 Å². The first-order valence-corrected chi connectivity index (χ1v) is 17.8. The van der Waals surface area contributed by atoms with Gasteiger partial charge in [0.15, 0.2) is 11.5 Å². The first-order chi connectivity index (χ1) is 21.6. The highest BCUT2D eigenvalue weighted by Crippen LogP contribution is 2.79. The van der Waals surface area contributed by atoms with Crippen molar-refractivity contribution in [3.8, 4) is 11.5 Å². The molecular formula is C40H54O6. The normalized spacial score (nSPS) is 46.8. The summed E-state index contributed by atoms with van der Waals surface area (Å²) in [6.45, 7) is 16.9. The van der Waals surface area contributed by atoms with Gasteiger partial charge >= 0.3 is 11.9 Å². The summed E-state index contributed by atoms with van der Waals surface area (Å²) in [4.78, 5) is 27.0. The lowest BCUT2D eigenvalue weighted by atomic mass is 9.32. The third-order valence-corrected chi connectivity index (χ3v) is 15.6. The molecule has 5 aliphatic carbocycles. The van der Waals surface area contributed by atoms with Crippen molar-refractivity contribution in [2.45, 2.75) is 112 Å². The number of methoxy groups -OCH3 is 1. The van der Waals surface area contributed by atoms with E-state index in [4.69, 9.17) is 14.2 Å². The van der Waals surface area contributed by atoms with Crippen LogP contribution in [0.15, 0.2) is 36.4 Å². The van der Waals surface area contributed by atoms with Crippen LogP contribution in [0.25, 0.3) is 6.08 Å². The van der Waals surface area contributed by atoms with Crippen molar-refractivity contribution >= 4 is 18.0 Å². The van der Waals surface area contributed by atoms with Crippen LogP contribution in [-0.4, -0.2) is 35.9 Å². The molecule has 1 aromatic rings. The second-order valence-electron chi connectivity index (χ2n) is 17.4. The summed E-state index contributed by atoms with van der Waals surface area (Å²) in [7, 11) is 1.51. The van der Waals surface area contributed by atoms with Gasteiger partial charge in [0, 0.05) is 22.8 Å². The fourth-order valence-electron chi connectivity index (χ4n) is 12.8. The van der Waals surface area contributed by atoms with Crippen molar-refractivity contribution in [3.63, 3.8) is 0 Å². The van der Waals surface area contributed by atoms with E-state index in [-0.39, 0.29) is 56.8 Å². The molecule has 46 heavy (non-hydrogen) atoms. The van der Waals surface area contributed by atoms with Gasteiger partial charge in [-0.3, -0.25) is 4.79 Å². The highest BCUT2D eigenvalue weighted by Gasteiger charge is 2.80. The minimum absolute atomic E-state index is 0.00229. The quantitative estimate of drug-likeness (QED) is 0.204. The second kappa shape index (κ2) is 10.1. The van der Waals surface area contributed by atoms with Gasteiger partial charge in [0.25, 0.3) is 0 Å². The Bertz CT molecular complexity index is 1510. The Morgan fingerprint density at radius 3 is 2.50 bits per heavy atom. The number of phenolic OH excluding ortho intramolecular Hbond substituents is 1. The van der Waals surface area contributed by atoms with Gasteiger partial charge in [-0.1, -0.05) is 60.6 Å². The molecule has 1 N–H and O–H groups in total. The largest absolute Gasteiger partial charge is 0.504 e. The standard InChI is InChI=1S/C40H54O6/c1-24-13-19-39-22-21-38(7)37(6)18-14-29-35(3,4)31(45-32(42)12-10-26-9-11-27(41)28(23-26)44-8)16-17-36(29,5)30(37)15-20-40(38,46-34(39)43)33(39)25(24)2/h9-12,15,20,23-25,29-31,33,41H,13-14,16-19,21-22H2,1-8H3/b12-10+/t24-,25+,29-,30+,31+,33-,36+,37-,38+,39+,40+/m1/s1. The van der Waals surface area contributed by atoms with Gasteiger partial charge in [0.2, 0.25) is 0 Å². The van der Waals surface area contributed by atoms with Crippen molar-refractivity contribution in [2.24, 2.45) is 56.7 Å². The van der Waals surface area contributed by atoms with Crippen molar-refractivity contribution in [3.05, 3.63) is 42.0 Å². The summed E-state index contributed by atoms with van der Waals surface area (Å²) in [5, 5.41) is 9.90. The van der Waals surface area contributed by atoms with Gasteiger partial charge in [0.1, 0.15) is 11.7 Å². The van der Waals surface area contributed by atoms with E-state index in [9.17, 15) is 14.7 Å². The Morgan fingerprint density at radius 2 is 1.76 bits per heavy atom. The van der Waals surface area contributed by atoms with Crippen LogP contribution < -0.4 is 4.74 Å². The number of hydrogen-bond acceptors (Lipinski definition) is 6. The van der Waals surface area contributed by atoms with E-state index < -0.39 is 5.60 Å². The molecule has 4 saturated carbocycles. The minimum atomic E-state index is -0.527. The van der Waals surface area contributed by atoms with E-state index in [0.717, 1.165) is 56.9 Å². The summed E-state index contributed by atoms with van der Waals surface area (Å²) in [5.74, 6) is 2.20. The molecule has 1 saturated heterocycles. The average molecular weight is 631 g/mol. The number of aromatic hydroxyl groups is 1. The molecule has 0 unspecified atom stereocenters. The van der Waals surface area contributed by atoms with Crippen molar-refractivity contribution in [1.82, 2.24) is 0 Å². The maximum Gasteiger partial charge on any atom is 0.331 e.